The first kappa shape index (κ1) is 17.5. The number of nitrogens with zero attached hydrogens (tertiary/aromatic N) is 1. The van der Waals surface area contributed by atoms with Crippen LogP contribution < -0.4 is 0 Å². The zero-order chi connectivity index (χ0) is 16.9. The molecule has 2 aromatic rings. The molecule has 1 saturated heterocycles. The fourth-order valence-corrected chi connectivity index (χ4v) is 4.00. The number of benzene rings is 2. The van der Waals surface area contributed by atoms with E-state index in [0.29, 0.717) is 5.92 Å². The van der Waals surface area contributed by atoms with Gasteiger partial charge in [-0.2, -0.15) is 0 Å². The van der Waals surface area contributed by atoms with Gasteiger partial charge in [-0.15, -0.1) is 0 Å². The average Bonchev–Trinajstić information content (AvgIpc) is 2.62. The number of rotatable bonds is 5. The third kappa shape index (κ3) is 4.18. The van der Waals surface area contributed by atoms with Crippen molar-refractivity contribution >= 4 is 11.6 Å². The summed E-state index contributed by atoms with van der Waals surface area (Å²) in [5, 5.41) is 11.5. The van der Waals surface area contributed by atoms with Crippen LogP contribution in [0, 0.1) is 5.92 Å². The van der Waals surface area contributed by atoms with Crippen molar-refractivity contribution in [2.24, 2.45) is 5.92 Å². The number of piperidine rings is 1. The predicted octanol–water partition coefficient (Wildman–Crippen LogP) is 4.72. The van der Waals surface area contributed by atoms with Gasteiger partial charge in [-0.25, -0.2) is 0 Å². The molecule has 2 atom stereocenters. The summed E-state index contributed by atoms with van der Waals surface area (Å²) in [5.74, 6) is 0.732. The minimum Gasteiger partial charge on any atom is -0.378 e. The highest BCUT2D eigenvalue weighted by atomic mass is 35.5. The Hall–Kier alpha value is -1.35. The zero-order valence-corrected chi connectivity index (χ0v) is 15.0. The molecule has 0 aliphatic carbocycles. The lowest BCUT2D eigenvalue weighted by Gasteiger charge is -2.37. The fourth-order valence-electron chi connectivity index (χ4n) is 3.69. The van der Waals surface area contributed by atoms with Gasteiger partial charge in [0.25, 0.3) is 0 Å². The topological polar surface area (TPSA) is 23.5 Å². The third-order valence-electron chi connectivity index (χ3n) is 5.23. The molecule has 3 heteroatoms. The molecule has 1 aliphatic rings. The van der Waals surface area contributed by atoms with Crippen LogP contribution in [0.4, 0.5) is 0 Å². The number of aliphatic hydroxyl groups is 1. The van der Waals surface area contributed by atoms with Crippen molar-refractivity contribution in [3.63, 3.8) is 0 Å². The number of hydrogen-bond donors (Lipinski definition) is 1. The Kier molecular flexibility index (Phi) is 5.94. The van der Waals surface area contributed by atoms with Gasteiger partial charge in [0, 0.05) is 24.0 Å². The molecular weight excluding hydrogens is 318 g/mol. The van der Waals surface area contributed by atoms with Gasteiger partial charge < -0.3 is 5.11 Å². The van der Waals surface area contributed by atoms with Gasteiger partial charge in [-0.1, -0.05) is 67.1 Å². The average molecular weight is 344 g/mol. The zero-order valence-electron chi connectivity index (χ0n) is 14.2. The summed E-state index contributed by atoms with van der Waals surface area (Å²) in [7, 11) is 0. The van der Waals surface area contributed by atoms with Crippen LogP contribution in [-0.4, -0.2) is 29.3 Å². The van der Waals surface area contributed by atoms with Gasteiger partial charge in [-0.3, -0.25) is 4.90 Å². The Bertz CT molecular complexity index is 637. The molecule has 1 N–H and O–H groups in total. The molecule has 2 nitrogen and oxygen atoms in total. The van der Waals surface area contributed by atoms with Crippen LogP contribution in [0.1, 0.15) is 36.8 Å². The van der Waals surface area contributed by atoms with E-state index in [1.807, 2.05) is 24.3 Å². The van der Waals surface area contributed by atoms with E-state index >= 15 is 0 Å². The molecule has 2 unspecified atom stereocenters. The van der Waals surface area contributed by atoms with Crippen LogP contribution in [-0.2, 0) is 6.42 Å². The standard InChI is InChI=1S/C21H26ClNO/c1-16(19-9-5-6-10-20(19)22)21(24)23-13-11-18(12-14-23)15-17-7-3-2-4-8-17/h2-10,16,18,21,24H,11-15H2,1H3. The first-order chi connectivity index (χ1) is 11.6. The largest absolute Gasteiger partial charge is 0.378 e. The van der Waals surface area contributed by atoms with Crippen LogP contribution in [0.15, 0.2) is 54.6 Å². The van der Waals surface area contributed by atoms with Crippen molar-refractivity contribution in [2.45, 2.75) is 38.3 Å². The molecule has 0 radical (unpaired) electrons. The summed E-state index contributed by atoms with van der Waals surface area (Å²) in [4.78, 5) is 2.20. The second-order valence-electron chi connectivity index (χ2n) is 6.89. The molecule has 0 saturated carbocycles. The predicted molar refractivity (Wildman–Crippen MR) is 100 cm³/mol. The van der Waals surface area contributed by atoms with Gasteiger partial charge in [0.1, 0.15) is 6.23 Å². The third-order valence-corrected chi connectivity index (χ3v) is 5.58. The maximum Gasteiger partial charge on any atom is 0.114 e. The molecule has 0 spiro atoms. The first-order valence-corrected chi connectivity index (χ1v) is 9.23. The molecule has 24 heavy (non-hydrogen) atoms. The van der Waals surface area contributed by atoms with Crippen molar-refractivity contribution in [3.8, 4) is 0 Å². The summed E-state index contributed by atoms with van der Waals surface area (Å²) in [6.07, 6.45) is 2.95. The summed E-state index contributed by atoms with van der Waals surface area (Å²) < 4.78 is 0. The van der Waals surface area contributed by atoms with E-state index in [1.54, 1.807) is 0 Å². The molecule has 0 aromatic heterocycles. The number of aliphatic hydroxyl groups excluding tert-OH is 1. The minimum absolute atomic E-state index is 0.0179. The van der Waals surface area contributed by atoms with Crippen molar-refractivity contribution in [1.29, 1.82) is 0 Å². The smallest absolute Gasteiger partial charge is 0.114 e. The normalized spacial score (nSPS) is 19.1. The van der Waals surface area contributed by atoms with E-state index in [1.165, 1.54) is 5.56 Å². The van der Waals surface area contributed by atoms with Crippen LogP contribution in [0.5, 0.6) is 0 Å². The Morgan fingerprint density at radius 2 is 1.67 bits per heavy atom. The molecule has 1 aliphatic heterocycles. The van der Waals surface area contributed by atoms with Crippen LogP contribution in [0.3, 0.4) is 0 Å². The van der Waals surface area contributed by atoms with Gasteiger partial charge in [-0.05, 0) is 42.4 Å². The lowest BCUT2D eigenvalue weighted by Crippen LogP contribution is -2.44. The highest BCUT2D eigenvalue weighted by Gasteiger charge is 2.28. The van der Waals surface area contributed by atoms with E-state index < -0.39 is 6.23 Å². The number of hydrogen-bond acceptors (Lipinski definition) is 2. The Labute approximate surface area is 150 Å². The maximum atomic E-state index is 10.8. The van der Waals surface area contributed by atoms with Gasteiger partial charge >= 0.3 is 0 Å². The molecule has 0 amide bonds. The van der Waals surface area contributed by atoms with E-state index in [4.69, 9.17) is 11.6 Å². The van der Waals surface area contributed by atoms with Crippen molar-refractivity contribution < 1.29 is 5.11 Å². The lowest BCUT2D eigenvalue weighted by atomic mass is 9.89. The van der Waals surface area contributed by atoms with Crippen LogP contribution in [0.25, 0.3) is 0 Å². The summed E-state index contributed by atoms with van der Waals surface area (Å²) in [6.45, 7) is 3.96. The van der Waals surface area contributed by atoms with Crippen molar-refractivity contribution in [2.75, 3.05) is 13.1 Å². The molecule has 1 fully saturated rings. The van der Waals surface area contributed by atoms with Gasteiger partial charge in [0.15, 0.2) is 0 Å². The molecule has 1 heterocycles. The maximum absolute atomic E-state index is 10.8. The second kappa shape index (κ2) is 8.15. The van der Waals surface area contributed by atoms with E-state index in [9.17, 15) is 5.11 Å². The quantitative estimate of drug-likeness (QED) is 0.849. The lowest BCUT2D eigenvalue weighted by molar-refractivity contribution is -0.0313. The first-order valence-electron chi connectivity index (χ1n) is 8.85. The van der Waals surface area contributed by atoms with Gasteiger partial charge in [0.05, 0.1) is 0 Å². The number of halogens is 1. The summed E-state index contributed by atoms with van der Waals surface area (Å²) in [6, 6.07) is 18.5. The monoisotopic (exact) mass is 343 g/mol. The number of likely N-dealkylation sites (tertiary alicyclic amines) is 1. The highest BCUT2D eigenvalue weighted by Crippen LogP contribution is 2.30. The van der Waals surface area contributed by atoms with Gasteiger partial charge in [0.2, 0.25) is 0 Å². The minimum atomic E-state index is -0.470. The van der Waals surface area contributed by atoms with Crippen molar-refractivity contribution in [1.82, 2.24) is 4.90 Å². The molecule has 3 rings (SSSR count). The summed E-state index contributed by atoms with van der Waals surface area (Å²) in [5.41, 5.74) is 2.44. The SMILES string of the molecule is CC(c1ccccc1Cl)C(O)N1CCC(Cc2ccccc2)CC1. The van der Waals surface area contributed by atoms with Crippen molar-refractivity contribution in [3.05, 3.63) is 70.7 Å². The van der Waals surface area contributed by atoms with Crippen LogP contribution >= 0.6 is 11.6 Å². The summed E-state index contributed by atoms with van der Waals surface area (Å²) >= 11 is 6.29. The Morgan fingerprint density at radius 3 is 2.33 bits per heavy atom. The molecule has 2 aromatic carbocycles. The highest BCUT2D eigenvalue weighted by molar-refractivity contribution is 6.31. The second-order valence-corrected chi connectivity index (χ2v) is 7.30. The van der Waals surface area contributed by atoms with E-state index in [0.717, 1.165) is 42.9 Å². The molecular formula is C21H26ClNO. The Balaban J connectivity index is 1.55. The van der Waals surface area contributed by atoms with E-state index in [-0.39, 0.29) is 5.92 Å². The molecule has 128 valence electrons. The Morgan fingerprint density at radius 1 is 1.04 bits per heavy atom. The fraction of sp³-hybridized carbons (Fsp3) is 0.429. The molecule has 0 bridgehead atoms. The van der Waals surface area contributed by atoms with Crippen LogP contribution in [0.2, 0.25) is 5.02 Å². The van der Waals surface area contributed by atoms with E-state index in [2.05, 4.69) is 42.2 Å².